The highest BCUT2D eigenvalue weighted by Gasteiger charge is 2.25. The molecule has 26 heavy (non-hydrogen) atoms. The average Bonchev–Trinajstić information content (AvgIpc) is 3.29. The summed E-state index contributed by atoms with van der Waals surface area (Å²) in [5.41, 5.74) is 5.28. The number of aryl methyl sites for hydroxylation is 1. The van der Waals surface area contributed by atoms with Gasteiger partial charge < -0.3 is 0 Å². The summed E-state index contributed by atoms with van der Waals surface area (Å²) in [6.45, 7) is 5.39. The lowest BCUT2D eigenvalue weighted by Gasteiger charge is -2.20. The van der Waals surface area contributed by atoms with Crippen molar-refractivity contribution >= 4 is 34.2 Å². The van der Waals surface area contributed by atoms with Crippen LogP contribution in [0.5, 0.6) is 0 Å². The first-order valence-electron chi connectivity index (χ1n) is 8.70. The molecule has 2 unspecified atom stereocenters. The molecule has 0 saturated heterocycles. The van der Waals surface area contributed by atoms with Gasteiger partial charge in [-0.25, -0.2) is 0 Å². The first-order valence-corrected chi connectivity index (χ1v) is 10.6. The molecule has 0 spiro atoms. The van der Waals surface area contributed by atoms with Crippen LogP contribution in [0.4, 0.5) is 0 Å². The molecule has 0 saturated carbocycles. The Balaban J connectivity index is 2.08. The molecule has 2 atom stereocenters. The van der Waals surface area contributed by atoms with Crippen LogP contribution in [0, 0.1) is 0 Å². The molecule has 3 aromatic rings. The zero-order chi connectivity index (χ0) is 18.7. The Kier molecular flexibility index (Phi) is 5.84. The van der Waals surface area contributed by atoms with E-state index in [4.69, 9.17) is 0 Å². The Bertz CT molecular complexity index is 892. The van der Waals surface area contributed by atoms with Crippen molar-refractivity contribution in [2.75, 3.05) is 0 Å². The minimum Gasteiger partial charge on any atom is -0.299 e. The van der Waals surface area contributed by atoms with E-state index in [0.717, 1.165) is 34.2 Å². The number of carbonyl (C=O) groups is 2. The molecule has 0 N–H and O–H groups in total. The van der Waals surface area contributed by atoms with Crippen LogP contribution in [-0.4, -0.2) is 11.6 Å². The van der Waals surface area contributed by atoms with E-state index in [1.807, 2.05) is 45.8 Å². The zero-order valence-corrected chi connectivity index (χ0v) is 16.8. The molecule has 0 aliphatic carbocycles. The summed E-state index contributed by atoms with van der Waals surface area (Å²) >= 11 is 3.21. The van der Waals surface area contributed by atoms with Crippen LogP contribution in [-0.2, 0) is 16.0 Å². The molecule has 2 aromatic heterocycles. The van der Waals surface area contributed by atoms with Crippen LogP contribution in [0.15, 0.2) is 51.9 Å². The third kappa shape index (κ3) is 3.71. The van der Waals surface area contributed by atoms with Gasteiger partial charge in [0.05, 0.1) is 11.8 Å². The van der Waals surface area contributed by atoms with Gasteiger partial charge in [-0.2, -0.15) is 22.7 Å². The van der Waals surface area contributed by atoms with Crippen LogP contribution in [0.3, 0.4) is 0 Å². The molecular formula is C22H22O2S2. The summed E-state index contributed by atoms with van der Waals surface area (Å²) < 4.78 is 0. The van der Waals surface area contributed by atoms with Crippen molar-refractivity contribution in [3.05, 3.63) is 79.7 Å². The van der Waals surface area contributed by atoms with Gasteiger partial charge in [0, 0.05) is 0 Å². The fourth-order valence-corrected chi connectivity index (χ4v) is 4.94. The van der Waals surface area contributed by atoms with E-state index in [1.54, 1.807) is 36.5 Å². The number of hydrogen-bond donors (Lipinski definition) is 0. The Morgan fingerprint density at radius 2 is 1.42 bits per heavy atom. The van der Waals surface area contributed by atoms with Crippen molar-refractivity contribution < 1.29 is 9.59 Å². The van der Waals surface area contributed by atoms with E-state index in [-0.39, 0.29) is 23.4 Å². The van der Waals surface area contributed by atoms with Crippen molar-refractivity contribution in [2.24, 2.45) is 0 Å². The molecular weight excluding hydrogens is 360 g/mol. The normalized spacial score (nSPS) is 13.3. The van der Waals surface area contributed by atoms with Crippen LogP contribution in [0.25, 0.3) is 0 Å². The highest BCUT2D eigenvalue weighted by atomic mass is 32.1. The maximum Gasteiger partial charge on any atom is 0.141 e. The maximum atomic E-state index is 12.4. The summed E-state index contributed by atoms with van der Waals surface area (Å²) in [4.78, 5) is 24.7. The first-order chi connectivity index (χ1) is 12.5. The van der Waals surface area contributed by atoms with Crippen molar-refractivity contribution in [3.63, 3.8) is 0 Å². The van der Waals surface area contributed by atoms with E-state index in [9.17, 15) is 9.59 Å². The van der Waals surface area contributed by atoms with Gasteiger partial charge in [-0.05, 0) is 81.7 Å². The molecule has 0 fully saturated rings. The molecule has 0 amide bonds. The van der Waals surface area contributed by atoms with Gasteiger partial charge in [0.25, 0.3) is 0 Å². The summed E-state index contributed by atoms with van der Waals surface area (Å²) in [7, 11) is 0. The predicted molar refractivity (Wildman–Crippen MR) is 110 cm³/mol. The number of carbonyl (C=O) groups excluding carboxylic acids is 2. The molecule has 134 valence electrons. The SMILES string of the molecule is CCc1cc(C(C(C)=O)c2ccsc2)ccc1C(C(C)=O)c1ccsc1. The summed E-state index contributed by atoms with van der Waals surface area (Å²) in [6.07, 6.45) is 0.825. The highest BCUT2D eigenvalue weighted by molar-refractivity contribution is 7.08. The van der Waals surface area contributed by atoms with Crippen LogP contribution in [0.1, 0.15) is 60.4 Å². The van der Waals surface area contributed by atoms with Crippen molar-refractivity contribution in [3.8, 4) is 0 Å². The van der Waals surface area contributed by atoms with Gasteiger partial charge in [-0.1, -0.05) is 25.1 Å². The maximum absolute atomic E-state index is 12.4. The molecule has 3 rings (SSSR count). The highest BCUT2D eigenvalue weighted by Crippen LogP contribution is 2.34. The van der Waals surface area contributed by atoms with Crippen LogP contribution in [0.2, 0.25) is 0 Å². The largest absolute Gasteiger partial charge is 0.299 e. The number of benzene rings is 1. The molecule has 1 aromatic carbocycles. The lowest BCUT2D eigenvalue weighted by atomic mass is 9.82. The number of hydrogen-bond acceptors (Lipinski definition) is 4. The molecule has 4 heteroatoms. The van der Waals surface area contributed by atoms with Crippen molar-refractivity contribution in [2.45, 2.75) is 39.0 Å². The summed E-state index contributed by atoms with van der Waals surface area (Å²) in [6, 6.07) is 10.2. The monoisotopic (exact) mass is 382 g/mol. The summed E-state index contributed by atoms with van der Waals surface area (Å²) in [5, 5.41) is 8.09. The smallest absolute Gasteiger partial charge is 0.141 e. The van der Waals surface area contributed by atoms with E-state index in [2.05, 4.69) is 13.0 Å². The van der Waals surface area contributed by atoms with Gasteiger partial charge in [0.1, 0.15) is 11.6 Å². The van der Waals surface area contributed by atoms with Crippen molar-refractivity contribution in [1.29, 1.82) is 0 Å². The van der Waals surface area contributed by atoms with Gasteiger partial charge in [0.15, 0.2) is 0 Å². The lowest BCUT2D eigenvalue weighted by molar-refractivity contribution is -0.118. The number of thiophene rings is 2. The lowest BCUT2D eigenvalue weighted by Crippen LogP contribution is -2.14. The molecule has 0 bridgehead atoms. The van der Waals surface area contributed by atoms with Gasteiger partial charge in [-0.3, -0.25) is 9.59 Å². The fraction of sp³-hybridized carbons (Fsp3) is 0.273. The van der Waals surface area contributed by atoms with Gasteiger partial charge in [0.2, 0.25) is 0 Å². The second-order valence-corrected chi connectivity index (χ2v) is 8.07. The van der Waals surface area contributed by atoms with Crippen LogP contribution >= 0.6 is 22.7 Å². The van der Waals surface area contributed by atoms with Gasteiger partial charge in [-0.15, -0.1) is 0 Å². The van der Waals surface area contributed by atoms with E-state index < -0.39 is 0 Å². The topological polar surface area (TPSA) is 34.1 Å². The molecule has 0 aliphatic heterocycles. The Hall–Kier alpha value is -2.04. The molecule has 0 radical (unpaired) electrons. The minimum atomic E-state index is -0.238. The number of ketones is 2. The molecule has 2 heterocycles. The molecule has 0 aliphatic rings. The third-order valence-electron chi connectivity index (χ3n) is 4.76. The van der Waals surface area contributed by atoms with E-state index >= 15 is 0 Å². The van der Waals surface area contributed by atoms with Crippen molar-refractivity contribution in [1.82, 2.24) is 0 Å². The predicted octanol–water partition coefficient (Wildman–Crippen LogP) is 5.81. The quantitative estimate of drug-likeness (QED) is 0.516. The van der Waals surface area contributed by atoms with E-state index in [0.29, 0.717) is 0 Å². The third-order valence-corrected chi connectivity index (χ3v) is 6.16. The zero-order valence-electron chi connectivity index (χ0n) is 15.2. The second-order valence-electron chi connectivity index (χ2n) is 6.51. The Morgan fingerprint density at radius 1 is 0.846 bits per heavy atom. The Morgan fingerprint density at radius 3 is 1.88 bits per heavy atom. The minimum absolute atomic E-state index is 0.138. The first kappa shape index (κ1) is 18.7. The fourth-order valence-electron chi connectivity index (χ4n) is 3.57. The Labute approximate surface area is 162 Å². The summed E-state index contributed by atoms with van der Waals surface area (Å²) in [5.74, 6) is -0.189. The van der Waals surface area contributed by atoms with Gasteiger partial charge >= 0.3 is 0 Å². The number of rotatable bonds is 7. The van der Waals surface area contributed by atoms with E-state index in [1.165, 1.54) is 0 Å². The standard InChI is InChI=1S/C22H22O2S2/c1-4-16-11-17(21(14(2)23)18-7-9-25-12-18)5-6-20(16)22(15(3)24)19-8-10-26-13-19/h5-13,21-22H,4H2,1-3H3. The molecule has 2 nitrogen and oxygen atoms in total. The second kappa shape index (κ2) is 8.11. The average molecular weight is 383 g/mol. The number of Topliss-reactive ketones (excluding diaryl/α,β-unsaturated/α-hetero) is 2. The van der Waals surface area contributed by atoms with Crippen LogP contribution < -0.4 is 0 Å².